The van der Waals surface area contributed by atoms with Crippen LogP contribution in [0.4, 0.5) is 13.2 Å². The summed E-state index contributed by atoms with van der Waals surface area (Å²) >= 11 is 0. The quantitative estimate of drug-likeness (QED) is 0.893. The van der Waals surface area contributed by atoms with Crippen LogP contribution in [-0.4, -0.2) is 17.0 Å². The maximum absolute atomic E-state index is 12.0. The molecule has 0 heterocycles. The zero-order valence-electron chi connectivity index (χ0n) is 11.2. The Bertz CT molecular complexity index is 637. The van der Waals surface area contributed by atoms with Gasteiger partial charge in [-0.15, -0.1) is 0 Å². The lowest BCUT2D eigenvalue weighted by molar-refractivity contribution is -0.137. The van der Waals surface area contributed by atoms with Gasteiger partial charge in [-0.2, -0.15) is 13.2 Å². The number of halogens is 3. The van der Waals surface area contributed by atoms with Crippen molar-refractivity contribution in [1.82, 2.24) is 0 Å². The van der Waals surface area contributed by atoms with Gasteiger partial charge in [-0.1, -0.05) is 18.2 Å². The van der Waals surface area contributed by atoms with Crippen molar-refractivity contribution in [3.05, 3.63) is 71.3 Å². The molecule has 116 valence electrons. The van der Waals surface area contributed by atoms with E-state index in [2.05, 4.69) is 0 Å². The number of primary amides is 1. The van der Waals surface area contributed by atoms with Crippen molar-refractivity contribution in [3.8, 4) is 0 Å². The summed E-state index contributed by atoms with van der Waals surface area (Å²) in [5, 5.41) is 8.40. The third-order valence-electron chi connectivity index (χ3n) is 2.52. The molecule has 0 unspecified atom stereocenters. The fraction of sp³-hybridized carbons (Fsp3) is 0.0667. The highest BCUT2D eigenvalue weighted by Gasteiger charge is 2.30. The molecule has 0 aliphatic heterocycles. The van der Waals surface area contributed by atoms with Crippen LogP contribution in [0.2, 0.25) is 0 Å². The van der Waals surface area contributed by atoms with Crippen LogP contribution >= 0.6 is 0 Å². The van der Waals surface area contributed by atoms with Crippen LogP contribution in [0.15, 0.2) is 54.6 Å². The molecule has 1 amide bonds. The van der Waals surface area contributed by atoms with Crippen LogP contribution in [0.3, 0.4) is 0 Å². The number of hydrogen-bond acceptors (Lipinski definition) is 2. The summed E-state index contributed by atoms with van der Waals surface area (Å²) in [6, 6.07) is 12.1. The number of nitrogens with two attached hydrogens (primary N) is 1. The average Bonchev–Trinajstić information content (AvgIpc) is 2.48. The molecule has 0 aliphatic rings. The number of aromatic carboxylic acids is 1. The summed E-state index contributed by atoms with van der Waals surface area (Å²) in [4.78, 5) is 20.7. The first-order valence-corrected chi connectivity index (χ1v) is 5.97. The highest BCUT2D eigenvalue weighted by atomic mass is 19.4. The van der Waals surface area contributed by atoms with Gasteiger partial charge < -0.3 is 10.8 Å². The van der Waals surface area contributed by atoms with Crippen LogP contribution in [-0.2, 0) is 6.18 Å². The number of hydrogen-bond donors (Lipinski definition) is 2. The summed E-state index contributed by atoms with van der Waals surface area (Å²) in [6.45, 7) is 0. The highest BCUT2D eigenvalue weighted by molar-refractivity contribution is 5.92. The fourth-order valence-electron chi connectivity index (χ4n) is 1.40. The molecule has 3 N–H and O–H groups in total. The third-order valence-corrected chi connectivity index (χ3v) is 2.52. The first-order chi connectivity index (χ1) is 10.2. The topological polar surface area (TPSA) is 80.4 Å². The van der Waals surface area contributed by atoms with Gasteiger partial charge in [0.15, 0.2) is 0 Å². The molecule has 0 saturated heterocycles. The van der Waals surface area contributed by atoms with Crippen molar-refractivity contribution in [2.75, 3.05) is 0 Å². The van der Waals surface area contributed by atoms with Gasteiger partial charge in [-0.25, -0.2) is 4.79 Å². The molecule has 0 atom stereocenters. The minimum absolute atomic E-state index is 0.159. The van der Waals surface area contributed by atoms with Gasteiger partial charge in [0, 0.05) is 5.56 Å². The summed E-state index contributed by atoms with van der Waals surface area (Å²) < 4.78 is 35.9. The van der Waals surface area contributed by atoms with E-state index in [-0.39, 0.29) is 11.5 Å². The number of rotatable bonds is 2. The first-order valence-electron chi connectivity index (χ1n) is 5.97. The molecule has 2 aromatic rings. The molecule has 0 bridgehead atoms. The molecule has 2 aromatic carbocycles. The van der Waals surface area contributed by atoms with E-state index < -0.39 is 17.7 Å². The molecule has 0 spiro atoms. The third kappa shape index (κ3) is 5.28. The minimum Gasteiger partial charge on any atom is -0.478 e. The largest absolute Gasteiger partial charge is 0.478 e. The number of carboxylic acid groups (broad SMARTS) is 1. The lowest BCUT2D eigenvalue weighted by Crippen LogP contribution is -2.09. The number of amides is 1. The van der Waals surface area contributed by atoms with Crippen molar-refractivity contribution in [3.63, 3.8) is 0 Å². The Kier molecular flexibility index (Phi) is 5.68. The van der Waals surface area contributed by atoms with Crippen LogP contribution in [0.5, 0.6) is 0 Å². The summed E-state index contributed by atoms with van der Waals surface area (Å²) in [5.74, 6) is -1.62. The van der Waals surface area contributed by atoms with Gasteiger partial charge in [0.25, 0.3) is 0 Å². The molecule has 0 fully saturated rings. The average molecular weight is 311 g/mol. The standard InChI is InChI=1S/C8H5F3O2.C7H7NO/c9-8(10,11)6-3-1-5(2-4-6)7(12)13;8-7(9)6-4-2-1-3-5-6/h1-4H,(H,12,13);1-5H,(H2,8,9). The van der Waals surface area contributed by atoms with E-state index in [0.717, 1.165) is 24.3 Å². The monoisotopic (exact) mass is 311 g/mol. The van der Waals surface area contributed by atoms with Crippen molar-refractivity contribution >= 4 is 11.9 Å². The van der Waals surface area contributed by atoms with Crippen LogP contribution < -0.4 is 5.73 Å². The molecule has 2 rings (SSSR count). The van der Waals surface area contributed by atoms with E-state index in [4.69, 9.17) is 10.8 Å². The Labute approximate surface area is 124 Å². The van der Waals surface area contributed by atoms with Crippen molar-refractivity contribution < 1.29 is 27.9 Å². The van der Waals surface area contributed by atoms with E-state index in [1.807, 2.05) is 6.07 Å². The predicted molar refractivity (Wildman–Crippen MR) is 73.4 cm³/mol. The second kappa shape index (κ2) is 7.26. The van der Waals surface area contributed by atoms with Gasteiger partial charge in [0.2, 0.25) is 5.91 Å². The highest BCUT2D eigenvalue weighted by Crippen LogP contribution is 2.28. The second-order valence-corrected chi connectivity index (χ2v) is 4.11. The lowest BCUT2D eigenvalue weighted by atomic mass is 10.1. The van der Waals surface area contributed by atoms with Crippen molar-refractivity contribution in [2.45, 2.75) is 6.18 Å². The van der Waals surface area contributed by atoms with Crippen molar-refractivity contribution in [2.24, 2.45) is 5.73 Å². The number of carbonyl (C=O) groups excluding carboxylic acids is 1. The predicted octanol–water partition coefficient (Wildman–Crippen LogP) is 3.19. The Balaban J connectivity index is 0.000000235. The van der Waals surface area contributed by atoms with Crippen LogP contribution in [0, 0.1) is 0 Å². The minimum atomic E-state index is -4.42. The summed E-state index contributed by atoms with van der Waals surface area (Å²) in [6.07, 6.45) is -4.42. The first kappa shape index (κ1) is 17.2. The fourth-order valence-corrected chi connectivity index (χ4v) is 1.40. The van der Waals surface area contributed by atoms with Gasteiger partial charge >= 0.3 is 12.1 Å². The Morgan fingerprint density at radius 1 is 0.864 bits per heavy atom. The Morgan fingerprint density at radius 2 is 1.36 bits per heavy atom. The molecule has 0 saturated carbocycles. The van der Waals surface area contributed by atoms with E-state index in [1.165, 1.54) is 0 Å². The van der Waals surface area contributed by atoms with E-state index in [0.29, 0.717) is 5.56 Å². The van der Waals surface area contributed by atoms with E-state index in [9.17, 15) is 22.8 Å². The summed E-state index contributed by atoms with van der Waals surface area (Å²) in [7, 11) is 0. The number of alkyl halides is 3. The smallest absolute Gasteiger partial charge is 0.416 e. The normalized spacial score (nSPS) is 10.3. The van der Waals surface area contributed by atoms with E-state index >= 15 is 0 Å². The molecular formula is C15H12F3NO3. The zero-order valence-corrected chi connectivity index (χ0v) is 11.2. The SMILES string of the molecule is NC(=O)c1ccccc1.O=C(O)c1ccc(C(F)(F)F)cc1. The Hall–Kier alpha value is -2.83. The molecular weight excluding hydrogens is 299 g/mol. The summed E-state index contributed by atoms with van der Waals surface area (Å²) in [5.41, 5.74) is 4.52. The maximum Gasteiger partial charge on any atom is 0.416 e. The number of carboxylic acids is 1. The lowest BCUT2D eigenvalue weighted by Gasteiger charge is -2.05. The number of benzene rings is 2. The second-order valence-electron chi connectivity index (χ2n) is 4.11. The molecule has 4 nitrogen and oxygen atoms in total. The van der Waals surface area contributed by atoms with Gasteiger partial charge in [0.05, 0.1) is 11.1 Å². The maximum atomic E-state index is 12.0. The van der Waals surface area contributed by atoms with Crippen LogP contribution in [0.1, 0.15) is 26.3 Å². The molecule has 7 heteroatoms. The Morgan fingerprint density at radius 3 is 1.68 bits per heavy atom. The van der Waals surface area contributed by atoms with Crippen molar-refractivity contribution in [1.29, 1.82) is 0 Å². The van der Waals surface area contributed by atoms with Crippen LogP contribution in [0.25, 0.3) is 0 Å². The zero-order chi connectivity index (χ0) is 16.8. The van der Waals surface area contributed by atoms with Gasteiger partial charge in [-0.3, -0.25) is 4.79 Å². The number of carbonyl (C=O) groups is 2. The molecule has 22 heavy (non-hydrogen) atoms. The molecule has 0 radical (unpaired) electrons. The van der Waals surface area contributed by atoms with Gasteiger partial charge in [0.1, 0.15) is 0 Å². The molecule has 0 aromatic heterocycles. The molecule has 0 aliphatic carbocycles. The van der Waals surface area contributed by atoms with Gasteiger partial charge in [-0.05, 0) is 36.4 Å². The van der Waals surface area contributed by atoms with E-state index in [1.54, 1.807) is 24.3 Å².